The average molecular weight is 124 g/mol. The van der Waals surface area contributed by atoms with Crippen LogP contribution in [0.15, 0.2) is 0 Å². The second-order valence-corrected chi connectivity index (χ2v) is 2.64. The molecule has 0 aliphatic carbocycles. The topological polar surface area (TPSA) is 0 Å². The summed E-state index contributed by atoms with van der Waals surface area (Å²) < 4.78 is 23.8. The smallest absolute Gasteiger partial charge is 0.141 e. The summed E-state index contributed by atoms with van der Waals surface area (Å²) in [5.74, 6) is 0.697. The van der Waals surface area contributed by atoms with Crippen LogP contribution >= 0.6 is 11.8 Å². The summed E-state index contributed by atoms with van der Waals surface area (Å²) >= 11 is 1.34. The third-order valence-corrected chi connectivity index (χ3v) is 2.05. The van der Waals surface area contributed by atoms with Crippen molar-refractivity contribution < 1.29 is 8.78 Å². The fourth-order valence-electron chi connectivity index (χ4n) is 0.502. The first-order valence-electron chi connectivity index (χ1n) is 2.16. The van der Waals surface area contributed by atoms with Gasteiger partial charge in [0.15, 0.2) is 0 Å². The molecule has 42 valence electrons. The molecule has 1 rings (SSSR count). The highest BCUT2D eigenvalue weighted by molar-refractivity contribution is 7.99. The van der Waals surface area contributed by atoms with Gasteiger partial charge in [0, 0.05) is 11.5 Å². The number of rotatable bonds is 0. The van der Waals surface area contributed by atoms with Crippen LogP contribution in [0.5, 0.6) is 0 Å². The van der Waals surface area contributed by atoms with Gasteiger partial charge in [-0.3, -0.25) is 0 Å². The molecule has 0 aromatic heterocycles. The molecular weight excluding hydrogens is 118 g/mol. The van der Waals surface area contributed by atoms with E-state index in [1.54, 1.807) is 0 Å². The minimum absolute atomic E-state index is 0.348. The number of alkyl halides is 2. The molecule has 1 saturated heterocycles. The van der Waals surface area contributed by atoms with E-state index in [0.717, 1.165) is 0 Å². The molecule has 0 radical (unpaired) electrons. The van der Waals surface area contributed by atoms with Gasteiger partial charge in [-0.1, -0.05) is 0 Å². The van der Waals surface area contributed by atoms with E-state index in [0.29, 0.717) is 11.5 Å². The summed E-state index contributed by atoms with van der Waals surface area (Å²) in [6.45, 7) is 0. The largest absolute Gasteiger partial charge is 0.243 e. The standard InChI is InChI=1S/C4H6F2S/c5-3-1-7-2-4(3)6/h3-4H,1-2H2. The molecule has 0 aromatic rings. The van der Waals surface area contributed by atoms with E-state index in [1.807, 2.05) is 0 Å². The lowest BCUT2D eigenvalue weighted by atomic mass is 10.3. The van der Waals surface area contributed by atoms with E-state index in [4.69, 9.17) is 0 Å². The summed E-state index contributed by atoms with van der Waals surface area (Å²) in [7, 11) is 0. The third-order valence-electron chi connectivity index (χ3n) is 0.947. The first kappa shape index (κ1) is 5.35. The summed E-state index contributed by atoms with van der Waals surface area (Å²) in [4.78, 5) is 0. The van der Waals surface area contributed by atoms with Crippen LogP contribution in [-0.4, -0.2) is 23.8 Å². The molecule has 7 heavy (non-hydrogen) atoms. The summed E-state index contributed by atoms with van der Waals surface area (Å²) in [6.07, 6.45) is -2.38. The molecule has 1 heterocycles. The molecule has 0 N–H and O–H groups in total. The predicted octanol–water partition coefficient (Wildman–Crippen LogP) is 1.41. The van der Waals surface area contributed by atoms with Crippen molar-refractivity contribution in [1.82, 2.24) is 0 Å². The summed E-state index contributed by atoms with van der Waals surface area (Å²) in [5.41, 5.74) is 0. The summed E-state index contributed by atoms with van der Waals surface area (Å²) in [6, 6.07) is 0. The Morgan fingerprint density at radius 3 is 1.71 bits per heavy atom. The van der Waals surface area contributed by atoms with Gasteiger partial charge in [-0.15, -0.1) is 0 Å². The minimum Gasteiger partial charge on any atom is -0.243 e. The van der Waals surface area contributed by atoms with Gasteiger partial charge in [-0.05, 0) is 0 Å². The Labute approximate surface area is 45.3 Å². The normalized spacial score (nSPS) is 42.0. The first-order valence-corrected chi connectivity index (χ1v) is 3.32. The van der Waals surface area contributed by atoms with Gasteiger partial charge >= 0.3 is 0 Å². The van der Waals surface area contributed by atoms with Crippen LogP contribution in [0.25, 0.3) is 0 Å². The number of hydrogen-bond donors (Lipinski definition) is 0. The Kier molecular flexibility index (Phi) is 1.52. The molecule has 1 aliphatic rings. The fraction of sp³-hybridized carbons (Fsp3) is 1.00. The van der Waals surface area contributed by atoms with Crippen LogP contribution in [0.3, 0.4) is 0 Å². The number of halogens is 2. The monoisotopic (exact) mass is 124 g/mol. The maximum atomic E-state index is 11.9. The second-order valence-electron chi connectivity index (χ2n) is 1.57. The fourth-order valence-corrected chi connectivity index (χ4v) is 1.51. The van der Waals surface area contributed by atoms with Crippen molar-refractivity contribution in [3.05, 3.63) is 0 Å². The van der Waals surface area contributed by atoms with Gasteiger partial charge in [-0.25, -0.2) is 8.78 Å². The third kappa shape index (κ3) is 1.06. The van der Waals surface area contributed by atoms with Crippen LogP contribution in [-0.2, 0) is 0 Å². The Hall–Kier alpha value is 0.210. The minimum atomic E-state index is -1.19. The molecular formula is C4H6F2S. The number of thioether (sulfide) groups is 1. The first-order chi connectivity index (χ1) is 3.30. The molecule has 0 aromatic carbocycles. The molecule has 0 saturated carbocycles. The van der Waals surface area contributed by atoms with Gasteiger partial charge in [0.25, 0.3) is 0 Å². The summed E-state index contributed by atoms with van der Waals surface area (Å²) in [5, 5.41) is 0. The van der Waals surface area contributed by atoms with Crippen LogP contribution in [0.2, 0.25) is 0 Å². The molecule has 0 amide bonds. The van der Waals surface area contributed by atoms with Crippen LogP contribution < -0.4 is 0 Å². The van der Waals surface area contributed by atoms with Crippen LogP contribution in [0.4, 0.5) is 8.78 Å². The Morgan fingerprint density at radius 1 is 1.14 bits per heavy atom. The Bertz CT molecular complexity index is 58.7. The van der Waals surface area contributed by atoms with Crippen LogP contribution in [0, 0.1) is 0 Å². The van der Waals surface area contributed by atoms with Crippen molar-refractivity contribution in [2.24, 2.45) is 0 Å². The van der Waals surface area contributed by atoms with Crippen molar-refractivity contribution in [3.8, 4) is 0 Å². The zero-order valence-corrected chi connectivity index (χ0v) is 4.55. The average Bonchev–Trinajstić information content (AvgIpc) is 1.91. The SMILES string of the molecule is FC1CSCC1F. The zero-order chi connectivity index (χ0) is 5.28. The molecule has 1 fully saturated rings. The van der Waals surface area contributed by atoms with Gasteiger partial charge in [-0.2, -0.15) is 11.8 Å². The predicted molar refractivity (Wildman–Crippen MR) is 27.1 cm³/mol. The van der Waals surface area contributed by atoms with Crippen molar-refractivity contribution >= 4 is 11.8 Å². The van der Waals surface area contributed by atoms with Gasteiger partial charge in [0.05, 0.1) is 0 Å². The van der Waals surface area contributed by atoms with Gasteiger partial charge in [0.1, 0.15) is 12.3 Å². The van der Waals surface area contributed by atoms with E-state index in [2.05, 4.69) is 0 Å². The highest BCUT2D eigenvalue weighted by Gasteiger charge is 2.26. The molecule has 3 heteroatoms. The van der Waals surface area contributed by atoms with E-state index in [9.17, 15) is 8.78 Å². The molecule has 0 spiro atoms. The highest BCUT2D eigenvalue weighted by atomic mass is 32.2. The maximum absolute atomic E-state index is 11.9. The van der Waals surface area contributed by atoms with Crippen molar-refractivity contribution in [3.63, 3.8) is 0 Å². The maximum Gasteiger partial charge on any atom is 0.141 e. The molecule has 1 aliphatic heterocycles. The van der Waals surface area contributed by atoms with E-state index >= 15 is 0 Å². The molecule has 2 atom stereocenters. The van der Waals surface area contributed by atoms with Crippen molar-refractivity contribution in [2.75, 3.05) is 11.5 Å². The van der Waals surface area contributed by atoms with E-state index in [1.165, 1.54) is 11.8 Å². The quantitative estimate of drug-likeness (QED) is 0.470. The Morgan fingerprint density at radius 2 is 1.57 bits per heavy atom. The molecule has 2 unspecified atom stereocenters. The van der Waals surface area contributed by atoms with Crippen molar-refractivity contribution in [2.45, 2.75) is 12.3 Å². The second kappa shape index (κ2) is 1.99. The lowest BCUT2D eigenvalue weighted by Gasteiger charge is -1.95. The molecule has 0 nitrogen and oxygen atoms in total. The van der Waals surface area contributed by atoms with E-state index < -0.39 is 12.3 Å². The molecule has 0 bridgehead atoms. The van der Waals surface area contributed by atoms with E-state index in [-0.39, 0.29) is 0 Å². The highest BCUT2D eigenvalue weighted by Crippen LogP contribution is 2.22. The van der Waals surface area contributed by atoms with Gasteiger partial charge < -0.3 is 0 Å². The van der Waals surface area contributed by atoms with Crippen molar-refractivity contribution in [1.29, 1.82) is 0 Å². The number of hydrogen-bond acceptors (Lipinski definition) is 1. The van der Waals surface area contributed by atoms with Crippen LogP contribution in [0.1, 0.15) is 0 Å². The zero-order valence-electron chi connectivity index (χ0n) is 3.73. The lowest BCUT2D eigenvalue weighted by Crippen LogP contribution is -2.12. The van der Waals surface area contributed by atoms with Gasteiger partial charge in [0.2, 0.25) is 0 Å². The lowest BCUT2D eigenvalue weighted by molar-refractivity contribution is 0.217. The Balaban J connectivity index is 2.33.